The number of hydrogen-bond acceptors (Lipinski definition) is 3. The maximum atomic E-state index is 13.0. The summed E-state index contributed by atoms with van der Waals surface area (Å²) >= 11 is 10.0. The summed E-state index contributed by atoms with van der Waals surface area (Å²) in [6, 6.07) is 1.24. The fourth-order valence-electron chi connectivity index (χ4n) is 2.51. The molecule has 0 bridgehead atoms. The molecule has 3 nitrogen and oxygen atoms in total. The first-order valence-corrected chi connectivity index (χ1v) is 8.89. The second-order valence-corrected chi connectivity index (χ2v) is 7.35. The van der Waals surface area contributed by atoms with E-state index < -0.39 is 12.5 Å². The first kappa shape index (κ1) is 20.6. The van der Waals surface area contributed by atoms with Gasteiger partial charge in [0.25, 0.3) is 0 Å². The van der Waals surface area contributed by atoms with Gasteiger partial charge < -0.3 is 10.4 Å². The van der Waals surface area contributed by atoms with Crippen molar-refractivity contribution in [1.29, 1.82) is 0 Å². The Bertz CT molecular complexity index is 517. The molecule has 1 aliphatic rings. The predicted octanol–water partition coefficient (Wildman–Crippen LogP) is 4.70. The smallest absolute Gasteiger partial charge is 0.240 e. The zero-order valence-electron chi connectivity index (χ0n) is 11.5. The van der Waals surface area contributed by atoms with Crippen LogP contribution in [0.4, 0.5) is 8.78 Å². The van der Waals surface area contributed by atoms with Crippen molar-refractivity contribution < 1.29 is 13.9 Å². The van der Waals surface area contributed by atoms with Gasteiger partial charge in [-0.2, -0.15) is 0 Å². The number of hydrogen-bond donors (Lipinski definition) is 2. The van der Waals surface area contributed by atoms with Crippen molar-refractivity contribution in [1.82, 2.24) is 10.2 Å². The molecule has 0 aromatic heterocycles. The maximum absolute atomic E-state index is 13.0. The van der Waals surface area contributed by atoms with Gasteiger partial charge in [-0.25, -0.2) is 8.78 Å². The average Bonchev–Trinajstić information content (AvgIpc) is 2.44. The van der Waals surface area contributed by atoms with Crippen LogP contribution in [0.2, 0.25) is 0 Å². The van der Waals surface area contributed by atoms with E-state index in [1.807, 2.05) is 4.90 Å². The number of rotatable bonds is 4. The molecular formula is C13H16Br3ClF2N2O. The summed E-state index contributed by atoms with van der Waals surface area (Å²) in [6.45, 7) is 2.95. The van der Waals surface area contributed by atoms with Crippen molar-refractivity contribution in [2.24, 2.45) is 0 Å². The molecule has 0 amide bonds. The number of benzene rings is 1. The van der Waals surface area contributed by atoms with Crippen molar-refractivity contribution in [2.75, 3.05) is 26.2 Å². The van der Waals surface area contributed by atoms with Crippen LogP contribution in [-0.2, 0) is 0 Å². The van der Waals surface area contributed by atoms with Gasteiger partial charge in [0.15, 0.2) is 0 Å². The summed E-state index contributed by atoms with van der Waals surface area (Å²) in [5, 5.41) is 13.3. The molecule has 0 spiro atoms. The molecule has 1 heterocycles. The van der Waals surface area contributed by atoms with Gasteiger partial charge in [0.1, 0.15) is 5.75 Å². The van der Waals surface area contributed by atoms with Gasteiger partial charge in [-0.3, -0.25) is 4.90 Å². The quantitative estimate of drug-likeness (QED) is 0.594. The van der Waals surface area contributed by atoms with Gasteiger partial charge in [0.05, 0.1) is 8.95 Å². The van der Waals surface area contributed by atoms with E-state index in [9.17, 15) is 13.9 Å². The SMILES string of the molecule is Cl.Oc1c(Br)cc(Br)c([C@@H](CC(F)F)N2CCNCC2)c1Br. The van der Waals surface area contributed by atoms with Crippen LogP contribution in [0.15, 0.2) is 19.5 Å². The monoisotopic (exact) mass is 526 g/mol. The van der Waals surface area contributed by atoms with Crippen LogP contribution in [-0.4, -0.2) is 42.6 Å². The van der Waals surface area contributed by atoms with Gasteiger partial charge in [0, 0.05) is 48.7 Å². The minimum atomic E-state index is -2.41. The van der Waals surface area contributed by atoms with E-state index in [4.69, 9.17) is 0 Å². The van der Waals surface area contributed by atoms with E-state index in [2.05, 4.69) is 53.1 Å². The Labute approximate surface area is 159 Å². The number of phenolic OH excluding ortho intramolecular Hbond substituents is 1. The summed E-state index contributed by atoms with van der Waals surface area (Å²) in [4.78, 5) is 2.03. The fourth-order valence-corrected chi connectivity index (χ4v) is 5.16. The molecule has 0 aliphatic carbocycles. The second kappa shape index (κ2) is 9.13. The third-order valence-corrected chi connectivity index (χ3v) is 5.57. The molecule has 1 saturated heterocycles. The normalized spacial score (nSPS) is 17.4. The van der Waals surface area contributed by atoms with Crippen LogP contribution < -0.4 is 5.32 Å². The minimum Gasteiger partial charge on any atom is -0.506 e. The molecule has 126 valence electrons. The Kier molecular flexibility index (Phi) is 8.54. The number of piperazine rings is 1. The van der Waals surface area contributed by atoms with Gasteiger partial charge in [0.2, 0.25) is 6.43 Å². The number of nitrogens with one attached hydrogen (secondary N) is 1. The van der Waals surface area contributed by atoms with Crippen molar-refractivity contribution in [2.45, 2.75) is 18.9 Å². The zero-order chi connectivity index (χ0) is 15.6. The third-order valence-electron chi connectivity index (χ3n) is 3.51. The molecule has 2 N–H and O–H groups in total. The first-order valence-electron chi connectivity index (χ1n) is 6.51. The van der Waals surface area contributed by atoms with Gasteiger partial charge in [-0.05, 0) is 37.9 Å². The van der Waals surface area contributed by atoms with Gasteiger partial charge >= 0.3 is 0 Å². The van der Waals surface area contributed by atoms with Crippen LogP contribution in [0.3, 0.4) is 0 Å². The van der Waals surface area contributed by atoms with Crippen LogP contribution in [0.5, 0.6) is 5.75 Å². The van der Waals surface area contributed by atoms with Crippen molar-refractivity contribution >= 4 is 60.2 Å². The lowest BCUT2D eigenvalue weighted by molar-refractivity contribution is 0.0732. The molecule has 0 radical (unpaired) electrons. The molecule has 0 saturated carbocycles. The Balaban J connectivity index is 0.00000242. The van der Waals surface area contributed by atoms with E-state index in [-0.39, 0.29) is 24.6 Å². The molecule has 22 heavy (non-hydrogen) atoms. The lowest BCUT2D eigenvalue weighted by Gasteiger charge is -2.36. The minimum absolute atomic E-state index is 0. The average molecular weight is 529 g/mol. The molecule has 2 rings (SSSR count). The Hall–Kier alpha value is 0.530. The van der Waals surface area contributed by atoms with Crippen molar-refractivity contribution in [3.63, 3.8) is 0 Å². The van der Waals surface area contributed by atoms with E-state index in [1.165, 1.54) is 0 Å². The number of halogens is 6. The number of alkyl halides is 2. The molecule has 1 atom stereocenters. The topological polar surface area (TPSA) is 35.5 Å². The lowest BCUT2D eigenvalue weighted by atomic mass is 10.0. The fraction of sp³-hybridized carbons (Fsp3) is 0.538. The van der Waals surface area contributed by atoms with Crippen molar-refractivity contribution in [3.8, 4) is 5.75 Å². The van der Waals surface area contributed by atoms with E-state index in [1.54, 1.807) is 6.07 Å². The van der Waals surface area contributed by atoms with E-state index >= 15 is 0 Å². The van der Waals surface area contributed by atoms with Gasteiger partial charge in [-0.1, -0.05) is 15.9 Å². The first-order chi connectivity index (χ1) is 9.91. The number of phenols is 1. The molecular weight excluding hydrogens is 513 g/mol. The maximum Gasteiger partial charge on any atom is 0.240 e. The molecule has 1 aromatic carbocycles. The summed E-state index contributed by atoms with van der Waals surface area (Å²) < 4.78 is 27.7. The van der Waals surface area contributed by atoms with Crippen LogP contribution >= 0.6 is 60.2 Å². The van der Waals surface area contributed by atoms with Crippen LogP contribution in [0, 0.1) is 0 Å². The Morgan fingerprint density at radius 1 is 1.18 bits per heavy atom. The summed E-state index contributed by atoms with van der Waals surface area (Å²) in [7, 11) is 0. The molecule has 0 unspecified atom stereocenters. The second-order valence-electron chi connectivity index (χ2n) is 4.85. The lowest BCUT2D eigenvalue weighted by Crippen LogP contribution is -2.45. The highest BCUT2D eigenvalue weighted by Gasteiger charge is 2.30. The number of aromatic hydroxyl groups is 1. The Morgan fingerprint density at radius 2 is 1.77 bits per heavy atom. The Morgan fingerprint density at radius 3 is 2.32 bits per heavy atom. The summed E-state index contributed by atoms with van der Waals surface area (Å²) in [5.74, 6) is 0.0302. The van der Waals surface area contributed by atoms with E-state index in [0.717, 1.165) is 13.1 Å². The van der Waals surface area contributed by atoms with Crippen molar-refractivity contribution in [3.05, 3.63) is 25.0 Å². The summed E-state index contributed by atoms with van der Waals surface area (Å²) in [5.41, 5.74) is 0.665. The zero-order valence-corrected chi connectivity index (χ0v) is 17.0. The standard InChI is InChI=1S/C13H15Br3F2N2O.ClH/c14-7-5-8(15)13(21)12(16)11(7)9(6-10(17)18)20-3-1-19-2-4-20;/h5,9-10,19,21H,1-4,6H2;1H/t9-;/m1./s1. The molecule has 9 heteroatoms. The highest BCUT2D eigenvalue weighted by atomic mass is 79.9. The molecule has 1 fully saturated rings. The molecule has 1 aliphatic heterocycles. The summed E-state index contributed by atoms with van der Waals surface area (Å²) in [6.07, 6.45) is -2.67. The largest absolute Gasteiger partial charge is 0.506 e. The molecule has 1 aromatic rings. The highest BCUT2D eigenvalue weighted by Crippen LogP contribution is 2.45. The van der Waals surface area contributed by atoms with Gasteiger partial charge in [-0.15, -0.1) is 12.4 Å². The third kappa shape index (κ3) is 4.77. The van der Waals surface area contributed by atoms with Crippen LogP contribution in [0.25, 0.3) is 0 Å². The predicted molar refractivity (Wildman–Crippen MR) is 96.3 cm³/mol. The van der Waals surface area contributed by atoms with Crippen LogP contribution in [0.1, 0.15) is 18.0 Å². The number of nitrogens with zero attached hydrogens (tertiary/aromatic N) is 1. The van der Waals surface area contributed by atoms with E-state index in [0.29, 0.717) is 32.1 Å². The highest BCUT2D eigenvalue weighted by molar-refractivity contribution is 9.11.